The second-order valence-corrected chi connectivity index (χ2v) is 4.31. The smallest absolute Gasteiger partial charge is 0.252 e. The van der Waals surface area contributed by atoms with E-state index in [0.29, 0.717) is 23.7 Å². The SMILES string of the molecule is Cc1ccc(C(=O)NCCCCN=[N+]=[N-])c(Cl)c1. The molecule has 1 rings (SSSR count). The Hall–Kier alpha value is -1.71. The molecule has 18 heavy (non-hydrogen) atoms. The summed E-state index contributed by atoms with van der Waals surface area (Å²) in [6.07, 6.45) is 1.53. The number of benzene rings is 1. The molecule has 0 aliphatic carbocycles. The van der Waals surface area contributed by atoms with Crippen molar-refractivity contribution in [2.75, 3.05) is 13.1 Å². The predicted octanol–water partition coefficient (Wildman–Crippen LogP) is 3.47. The molecule has 0 heterocycles. The normalized spacial score (nSPS) is 9.67. The van der Waals surface area contributed by atoms with E-state index in [1.54, 1.807) is 12.1 Å². The molecule has 0 fully saturated rings. The Morgan fingerprint density at radius 1 is 1.50 bits per heavy atom. The van der Waals surface area contributed by atoms with Crippen LogP contribution in [0.2, 0.25) is 5.02 Å². The zero-order valence-corrected chi connectivity index (χ0v) is 10.9. The standard InChI is InChI=1S/C12H15ClN4O/c1-9-4-5-10(11(13)8-9)12(18)15-6-2-3-7-16-17-14/h4-5,8H,2-3,6-7H2,1H3,(H,15,18). The van der Waals surface area contributed by atoms with Crippen LogP contribution >= 0.6 is 11.6 Å². The molecule has 0 bridgehead atoms. The minimum absolute atomic E-state index is 0.177. The number of hydrogen-bond acceptors (Lipinski definition) is 2. The fourth-order valence-electron chi connectivity index (χ4n) is 1.45. The van der Waals surface area contributed by atoms with E-state index in [0.717, 1.165) is 18.4 Å². The highest BCUT2D eigenvalue weighted by Gasteiger charge is 2.09. The van der Waals surface area contributed by atoms with E-state index in [-0.39, 0.29) is 5.91 Å². The summed E-state index contributed by atoms with van der Waals surface area (Å²) < 4.78 is 0. The van der Waals surface area contributed by atoms with Crippen LogP contribution in [0.4, 0.5) is 0 Å². The van der Waals surface area contributed by atoms with Crippen LogP contribution < -0.4 is 5.32 Å². The molecule has 0 aliphatic rings. The summed E-state index contributed by atoms with van der Waals surface area (Å²) in [7, 11) is 0. The summed E-state index contributed by atoms with van der Waals surface area (Å²) in [4.78, 5) is 14.4. The molecule has 1 amide bonds. The second kappa shape index (κ2) is 7.58. The monoisotopic (exact) mass is 266 g/mol. The Morgan fingerprint density at radius 2 is 2.28 bits per heavy atom. The topological polar surface area (TPSA) is 77.9 Å². The van der Waals surface area contributed by atoms with Crippen molar-refractivity contribution >= 4 is 17.5 Å². The van der Waals surface area contributed by atoms with Crippen LogP contribution in [0.15, 0.2) is 23.3 Å². The fraction of sp³-hybridized carbons (Fsp3) is 0.417. The maximum atomic E-state index is 11.8. The van der Waals surface area contributed by atoms with Gasteiger partial charge in [-0.1, -0.05) is 22.8 Å². The number of azide groups is 1. The van der Waals surface area contributed by atoms with Crippen LogP contribution in [0.3, 0.4) is 0 Å². The minimum atomic E-state index is -0.177. The number of carbonyl (C=O) groups is 1. The van der Waals surface area contributed by atoms with Gasteiger partial charge in [0, 0.05) is 18.0 Å². The van der Waals surface area contributed by atoms with Crippen LogP contribution in [-0.4, -0.2) is 19.0 Å². The van der Waals surface area contributed by atoms with Gasteiger partial charge in [-0.25, -0.2) is 0 Å². The first-order valence-electron chi connectivity index (χ1n) is 5.70. The highest BCUT2D eigenvalue weighted by Crippen LogP contribution is 2.17. The molecule has 1 aromatic rings. The van der Waals surface area contributed by atoms with Crippen molar-refractivity contribution in [1.29, 1.82) is 0 Å². The van der Waals surface area contributed by atoms with Crippen LogP contribution in [0.5, 0.6) is 0 Å². The molecular weight excluding hydrogens is 252 g/mol. The molecule has 0 atom stereocenters. The Balaban J connectivity index is 2.38. The van der Waals surface area contributed by atoms with E-state index in [2.05, 4.69) is 15.3 Å². The summed E-state index contributed by atoms with van der Waals surface area (Å²) in [6.45, 7) is 2.92. The van der Waals surface area contributed by atoms with E-state index in [9.17, 15) is 4.79 Å². The van der Waals surface area contributed by atoms with Crippen molar-refractivity contribution < 1.29 is 4.79 Å². The largest absolute Gasteiger partial charge is 0.352 e. The number of unbranched alkanes of at least 4 members (excludes halogenated alkanes) is 1. The lowest BCUT2D eigenvalue weighted by molar-refractivity contribution is 0.0953. The van der Waals surface area contributed by atoms with Gasteiger partial charge in [0.2, 0.25) is 0 Å². The average Bonchev–Trinajstić information content (AvgIpc) is 2.33. The number of amides is 1. The number of rotatable bonds is 6. The maximum Gasteiger partial charge on any atom is 0.252 e. The van der Waals surface area contributed by atoms with Gasteiger partial charge >= 0.3 is 0 Å². The van der Waals surface area contributed by atoms with Crippen LogP contribution in [0, 0.1) is 6.92 Å². The van der Waals surface area contributed by atoms with Gasteiger partial charge in [0.05, 0.1) is 10.6 Å². The van der Waals surface area contributed by atoms with Gasteiger partial charge in [0.1, 0.15) is 0 Å². The molecule has 0 aromatic heterocycles. The molecule has 5 nitrogen and oxygen atoms in total. The molecule has 6 heteroatoms. The summed E-state index contributed by atoms with van der Waals surface area (Å²) in [5, 5.41) is 6.65. The summed E-state index contributed by atoms with van der Waals surface area (Å²) in [5.74, 6) is -0.177. The number of nitrogens with one attached hydrogen (secondary N) is 1. The molecule has 0 aliphatic heterocycles. The Kier molecular flexibility index (Phi) is 6.05. The molecule has 0 saturated heterocycles. The third-order valence-electron chi connectivity index (χ3n) is 2.40. The first-order valence-corrected chi connectivity index (χ1v) is 6.08. The van der Waals surface area contributed by atoms with Gasteiger partial charge in [-0.3, -0.25) is 4.79 Å². The van der Waals surface area contributed by atoms with E-state index in [4.69, 9.17) is 17.1 Å². The molecule has 0 spiro atoms. The van der Waals surface area contributed by atoms with E-state index in [1.165, 1.54) is 0 Å². The number of halogens is 1. The molecule has 1 aromatic carbocycles. The van der Waals surface area contributed by atoms with Gasteiger partial charge in [-0.05, 0) is 43.0 Å². The first kappa shape index (κ1) is 14.4. The Bertz CT molecular complexity index is 469. The van der Waals surface area contributed by atoms with Crippen molar-refractivity contribution in [3.05, 3.63) is 44.8 Å². The molecule has 96 valence electrons. The number of aryl methyl sites for hydroxylation is 1. The maximum absolute atomic E-state index is 11.8. The summed E-state index contributed by atoms with van der Waals surface area (Å²) in [6, 6.07) is 5.33. The van der Waals surface area contributed by atoms with Crippen molar-refractivity contribution in [2.24, 2.45) is 5.11 Å². The average molecular weight is 267 g/mol. The van der Waals surface area contributed by atoms with Gasteiger partial charge in [-0.2, -0.15) is 0 Å². The van der Waals surface area contributed by atoms with E-state index < -0.39 is 0 Å². The summed E-state index contributed by atoms with van der Waals surface area (Å²) >= 11 is 5.99. The van der Waals surface area contributed by atoms with Gasteiger partial charge in [-0.15, -0.1) is 0 Å². The lowest BCUT2D eigenvalue weighted by Crippen LogP contribution is -2.24. The highest BCUT2D eigenvalue weighted by molar-refractivity contribution is 6.33. The number of hydrogen-bond donors (Lipinski definition) is 1. The van der Waals surface area contributed by atoms with Crippen LogP contribution in [-0.2, 0) is 0 Å². The zero-order chi connectivity index (χ0) is 13.4. The van der Waals surface area contributed by atoms with E-state index in [1.807, 2.05) is 13.0 Å². The summed E-state index contributed by atoms with van der Waals surface area (Å²) in [5.41, 5.74) is 9.59. The molecule has 0 unspecified atom stereocenters. The zero-order valence-electron chi connectivity index (χ0n) is 10.2. The molecule has 1 N–H and O–H groups in total. The molecular formula is C12H15ClN4O. The first-order chi connectivity index (χ1) is 8.65. The van der Waals surface area contributed by atoms with Crippen molar-refractivity contribution in [3.8, 4) is 0 Å². The van der Waals surface area contributed by atoms with Crippen molar-refractivity contribution in [1.82, 2.24) is 5.32 Å². The minimum Gasteiger partial charge on any atom is -0.352 e. The van der Waals surface area contributed by atoms with Gasteiger partial charge in [0.15, 0.2) is 0 Å². The van der Waals surface area contributed by atoms with Crippen molar-refractivity contribution in [3.63, 3.8) is 0 Å². The third kappa shape index (κ3) is 4.65. The Morgan fingerprint density at radius 3 is 2.94 bits per heavy atom. The quantitative estimate of drug-likeness (QED) is 0.364. The highest BCUT2D eigenvalue weighted by atomic mass is 35.5. The fourth-order valence-corrected chi connectivity index (χ4v) is 1.77. The van der Waals surface area contributed by atoms with Gasteiger partial charge in [0.25, 0.3) is 5.91 Å². The molecule has 0 saturated carbocycles. The van der Waals surface area contributed by atoms with Crippen molar-refractivity contribution in [2.45, 2.75) is 19.8 Å². The number of carbonyl (C=O) groups excluding carboxylic acids is 1. The van der Waals surface area contributed by atoms with Gasteiger partial charge < -0.3 is 5.32 Å². The molecule has 0 radical (unpaired) electrons. The van der Waals surface area contributed by atoms with Crippen LogP contribution in [0.1, 0.15) is 28.8 Å². The van der Waals surface area contributed by atoms with Crippen LogP contribution in [0.25, 0.3) is 10.4 Å². The van der Waals surface area contributed by atoms with E-state index >= 15 is 0 Å². The predicted molar refractivity (Wildman–Crippen MR) is 71.8 cm³/mol. The number of nitrogens with zero attached hydrogens (tertiary/aromatic N) is 3. The second-order valence-electron chi connectivity index (χ2n) is 3.90. The third-order valence-corrected chi connectivity index (χ3v) is 2.72. The Labute approximate surface area is 111 Å². The lowest BCUT2D eigenvalue weighted by Gasteiger charge is -2.06. The lowest BCUT2D eigenvalue weighted by atomic mass is 10.1.